The molecule has 2 bridgehead atoms. The van der Waals surface area contributed by atoms with E-state index in [1.54, 1.807) is 49.6 Å². The van der Waals surface area contributed by atoms with Crippen molar-refractivity contribution in [1.29, 1.82) is 0 Å². The number of ether oxygens (including phenoxy) is 3. The number of carbonyl (C=O) groups is 2. The van der Waals surface area contributed by atoms with Crippen molar-refractivity contribution in [3.8, 4) is 23.0 Å². The molecule has 2 heterocycles. The van der Waals surface area contributed by atoms with Gasteiger partial charge in [-0.1, -0.05) is 13.8 Å². The van der Waals surface area contributed by atoms with Crippen molar-refractivity contribution >= 4 is 23.3 Å². The number of anilines is 2. The number of nitrogens with one attached hydrogen (secondary N) is 3. The molecular formula is C38H51N5O5. The Labute approximate surface area is 285 Å². The van der Waals surface area contributed by atoms with Gasteiger partial charge in [0.1, 0.15) is 17.6 Å². The number of methoxy groups -OCH3 is 1. The van der Waals surface area contributed by atoms with Crippen LogP contribution in [0.15, 0.2) is 66.7 Å². The molecule has 2 aliphatic heterocycles. The number of carbonyl (C=O) groups excluding carboxylic acids is 2. The largest absolute Gasteiger partial charge is 0.493 e. The van der Waals surface area contributed by atoms with Gasteiger partial charge in [0.05, 0.1) is 7.11 Å². The van der Waals surface area contributed by atoms with Crippen LogP contribution in [0.4, 0.5) is 16.2 Å². The fourth-order valence-electron chi connectivity index (χ4n) is 6.74. The topological polar surface area (TPSA) is 104 Å². The lowest BCUT2D eigenvalue weighted by Crippen LogP contribution is -2.47. The standard InChI is InChI=1S/C38H51N5O5/c1-6-27(7-2)40-38(45)41-29-13-20-35(36(23-29)46-5)48-33-18-11-28(12-19-33)39-37(44)26-9-16-32(17-10-26)47-34-24-30-14-15-31(25-34)43(30)22-8-21-42(3)4/h9-13,16-20,23,27,30-31,34H,6-8,14-15,21-22,24-25H2,1-5H3,(H,39,44)(H2,40,41,45). The summed E-state index contributed by atoms with van der Waals surface area (Å²) < 4.78 is 17.9. The zero-order chi connectivity index (χ0) is 34.0. The number of rotatable bonds is 15. The predicted molar refractivity (Wildman–Crippen MR) is 191 cm³/mol. The van der Waals surface area contributed by atoms with Crippen molar-refractivity contribution in [3.05, 3.63) is 72.3 Å². The summed E-state index contributed by atoms with van der Waals surface area (Å²) in [5.41, 5.74) is 1.81. The maximum Gasteiger partial charge on any atom is 0.319 e. The fraction of sp³-hybridized carbons (Fsp3) is 0.474. The molecule has 10 heteroatoms. The van der Waals surface area contributed by atoms with Gasteiger partial charge in [-0.3, -0.25) is 9.69 Å². The second-order valence-electron chi connectivity index (χ2n) is 13.1. The summed E-state index contributed by atoms with van der Waals surface area (Å²) in [5, 5.41) is 8.76. The number of piperidine rings is 1. The van der Waals surface area contributed by atoms with Gasteiger partial charge in [0.15, 0.2) is 11.5 Å². The van der Waals surface area contributed by atoms with Crippen LogP contribution >= 0.6 is 0 Å². The number of nitrogens with zero attached hydrogens (tertiary/aromatic N) is 2. The first-order chi connectivity index (χ1) is 23.2. The lowest BCUT2D eigenvalue weighted by atomic mass is 9.99. The van der Waals surface area contributed by atoms with Crippen LogP contribution in [-0.4, -0.2) is 80.3 Å². The van der Waals surface area contributed by atoms with Crippen LogP contribution in [-0.2, 0) is 0 Å². The zero-order valence-corrected chi connectivity index (χ0v) is 29.0. The molecule has 3 N–H and O–H groups in total. The highest BCUT2D eigenvalue weighted by atomic mass is 16.5. The summed E-state index contributed by atoms with van der Waals surface area (Å²) in [6.45, 7) is 6.38. The monoisotopic (exact) mass is 657 g/mol. The lowest BCUT2D eigenvalue weighted by molar-refractivity contribution is 0.0477. The average Bonchev–Trinajstić information content (AvgIpc) is 3.31. The van der Waals surface area contributed by atoms with Gasteiger partial charge in [-0.05, 0) is 133 Å². The number of hydrogen-bond acceptors (Lipinski definition) is 7. The van der Waals surface area contributed by atoms with E-state index in [-0.39, 0.29) is 24.1 Å². The molecule has 3 aromatic carbocycles. The Hall–Kier alpha value is -4.28. The van der Waals surface area contributed by atoms with E-state index in [9.17, 15) is 9.59 Å². The summed E-state index contributed by atoms with van der Waals surface area (Å²) in [5.74, 6) is 2.17. The summed E-state index contributed by atoms with van der Waals surface area (Å²) in [6.07, 6.45) is 7.80. The molecule has 2 saturated heterocycles. The van der Waals surface area contributed by atoms with Crippen LogP contribution < -0.4 is 30.2 Å². The first kappa shape index (κ1) is 35.0. The Morgan fingerprint density at radius 2 is 1.50 bits per heavy atom. The fourth-order valence-corrected chi connectivity index (χ4v) is 6.74. The Balaban J connectivity index is 1.10. The molecule has 0 spiro atoms. The van der Waals surface area contributed by atoms with E-state index >= 15 is 0 Å². The summed E-state index contributed by atoms with van der Waals surface area (Å²) >= 11 is 0. The molecule has 3 aromatic rings. The molecule has 2 atom stereocenters. The Morgan fingerprint density at radius 3 is 2.12 bits per heavy atom. The van der Waals surface area contributed by atoms with E-state index in [4.69, 9.17) is 14.2 Å². The highest BCUT2D eigenvalue weighted by Crippen LogP contribution is 2.38. The normalized spacial score (nSPS) is 18.9. The molecule has 2 fully saturated rings. The average molecular weight is 658 g/mol. The third kappa shape index (κ3) is 9.41. The first-order valence-electron chi connectivity index (χ1n) is 17.3. The van der Waals surface area contributed by atoms with Gasteiger partial charge < -0.3 is 35.1 Å². The first-order valence-corrected chi connectivity index (χ1v) is 17.3. The van der Waals surface area contributed by atoms with Crippen molar-refractivity contribution < 1.29 is 23.8 Å². The van der Waals surface area contributed by atoms with Crippen molar-refractivity contribution in [2.24, 2.45) is 0 Å². The molecule has 48 heavy (non-hydrogen) atoms. The molecule has 10 nitrogen and oxygen atoms in total. The zero-order valence-electron chi connectivity index (χ0n) is 29.0. The van der Waals surface area contributed by atoms with Gasteiger partial charge in [-0.15, -0.1) is 0 Å². The van der Waals surface area contributed by atoms with Gasteiger partial charge in [-0.25, -0.2) is 4.79 Å². The molecule has 0 saturated carbocycles. The lowest BCUT2D eigenvalue weighted by Gasteiger charge is -2.39. The molecule has 3 amide bonds. The van der Waals surface area contributed by atoms with Gasteiger partial charge >= 0.3 is 6.03 Å². The molecule has 0 aliphatic carbocycles. The highest BCUT2D eigenvalue weighted by molar-refractivity contribution is 6.04. The minimum Gasteiger partial charge on any atom is -0.493 e. The van der Waals surface area contributed by atoms with Crippen LogP contribution in [0.1, 0.15) is 69.2 Å². The van der Waals surface area contributed by atoms with Crippen molar-refractivity contribution in [1.82, 2.24) is 15.1 Å². The summed E-state index contributed by atoms with van der Waals surface area (Å²) in [7, 11) is 5.82. The van der Waals surface area contributed by atoms with Crippen molar-refractivity contribution in [3.63, 3.8) is 0 Å². The SMILES string of the molecule is CCC(CC)NC(=O)Nc1ccc(Oc2ccc(NC(=O)c3ccc(OC4CC5CCC(C4)N5CCCN(C)C)cc3)cc2)c(OC)c1. The number of urea groups is 1. The third-order valence-electron chi connectivity index (χ3n) is 9.36. The minimum absolute atomic E-state index is 0.124. The number of fused-ring (bicyclic) bond motifs is 2. The van der Waals surface area contributed by atoms with Gasteiger partial charge in [0, 0.05) is 41.1 Å². The Bertz CT molecular complexity index is 1480. The van der Waals surface area contributed by atoms with Gasteiger partial charge in [0.2, 0.25) is 0 Å². The smallest absolute Gasteiger partial charge is 0.319 e. The van der Waals surface area contributed by atoms with E-state index in [0.717, 1.165) is 38.0 Å². The third-order valence-corrected chi connectivity index (χ3v) is 9.36. The van der Waals surface area contributed by atoms with E-state index in [1.807, 2.05) is 38.1 Å². The quantitative estimate of drug-likeness (QED) is 0.157. The van der Waals surface area contributed by atoms with Crippen molar-refractivity contribution in [2.45, 2.75) is 83.0 Å². The Morgan fingerprint density at radius 1 is 0.854 bits per heavy atom. The summed E-state index contributed by atoms with van der Waals surface area (Å²) in [4.78, 5) is 30.3. The van der Waals surface area contributed by atoms with E-state index in [1.165, 1.54) is 25.8 Å². The van der Waals surface area contributed by atoms with Gasteiger partial charge in [0.25, 0.3) is 5.91 Å². The van der Waals surface area contributed by atoms with Crippen LogP contribution in [0.2, 0.25) is 0 Å². The second kappa shape index (κ2) is 16.7. The van der Waals surface area contributed by atoms with Crippen molar-refractivity contribution in [2.75, 3.05) is 44.9 Å². The number of amides is 3. The number of hydrogen-bond donors (Lipinski definition) is 3. The molecule has 0 aromatic heterocycles. The molecule has 0 radical (unpaired) electrons. The molecule has 5 rings (SSSR count). The maximum absolute atomic E-state index is 13.0. The van der Waals surface area contributed by atoms with Crippen LogP contribution in [0, 0.1) is 0 Å². The molecule has 258 valence electrons. The van der Waals surface area contributed by atoms with Crippen LogP contribution in [0.25, 0.3) is 0 Å². The predicted octanol–water partition coefficient (Wildman–Crippen LogP) is 7.38. The Kier molecular flexibility index (Phi) is 12.2. The number of benzene rings is 3. The second-order valence-corrected chi connectivity index (χ2v) is 13.1. The molecular weight excluding hydrogens is 606 g/mol. The molecule has 2 aliphatic rings. The highest BCUT2D eigenvalue weighted by Gasteiger charge is 2.41. The van der Waals surface area contributed by atoms with Crippen LogP contribution in [0.5, 0.6) is 23.0 Å². The molecule has 2 unspecified atom stereocenters. The minimum atomic E-state index is -0.259. The maximum atomic E-state index is 13.0. The van der Waals surface area contributed by atoms with E-state index < -0.39 is 0 Å². The van der Waals surface area contributed by atoms with Gasteiger partial charge in [-0.2, -0.15) is 0 Å². The van der Waals surface area contributed by atoms with Crippen LogP contribution in [0.3, 0.4) is 0 Å². The summed E-state index contributed by atoms with van der Waals surface area (Å²) in [6, 6.07) is 20.9. The van der Waals surface area contributed by atoms with E-state index in [0.29, 0.717) is 46.3 Å². The van der Waals surface area contributed by atoms with E-state index in [2.05, 4.69) is 39.8 Å².